The van der Waals surface area contributed by atoms with Crippen molar-refractivity contribution in [1.82, 2.24) is 5.32 Å². The summed E-state index contributed by atoms with van der Waals surface area (Å²) >= 11 is 0. The molecule has 0 spiro atoms. The van der Waals surface area contributed by atoms with Crippen molar-refractivity contribution in [3.63, 3.8) is 0 Å². The fraction of sp³-hybridized carbons (Fsp3) is 0.500. The van der Waals surface area contributed by atoms with Gasteiger partial charge in [0, 0.05) is 12.5 Å². The van der Waals surface area contributed by atoms with Crippen LogP contribution in [0, 0.1) is 5.92 Å². The fourth-order valence-electron chi connectivity index (χ4n) is 1.79. The molecule has 18 heavy (non-hydrogen) atoms. The summed E-state index contributed by atoms with van der Waals surface area (Å²) in [5.74, 6) is 0.874. The Labute approximate surface area is 109 Å². The smallest absolute Gasteiger partial charge is 0.143 e. The molecular formula is C14H23N3O. The lowest BCUT2D eigenvalue weighted by Gasteiger charge is -2.14. The maximum atomic E-state index is 8.53. The maximum Gasteiger partial charge on any atom is 0.143 e. The van der Waals surface area contributed by atoms with E-state index in [4.69, 9.17) is 10.9 Å². The summed E-state index contributed by atoms with van der Waals surface area (Å²) in [5.41, 5.74) is 6.87. The number of nitrogens with one attached hydrogen (secondary N) is 1. The minimum Gasteiger partial charge on any atom is -0.409 e. The van der Waals surface area contributed by atoms with Crippen molar-refractivity contribution in [2.24, 2.45) is 16.8 Å². The molecule has 0 fully saturated rings. The lowest BCUT2D eigenvalue weighted by molar-refractivity contribution is 0.314. The minimum absolute atomic E-state index is 0.0574. The zero-order valence-corrected chi connectivity index (χ0v) is 11.1. The van der Waals surface area contributed by atoms with Gasteiger partial charge < -0.3 is 16.3 Å². The molecule has 1 aromatic carbocycles. The van der Waals surface area contributed by atoms with Gasteiger partial charge in [0.2, 0.25) is 0 Å². The normalized spacial score (nSPS) is 15.3. The monoisotopic (exact) mass is 249 g/mol. The maximum absolute atomic E-state index is 8.53. The molecule has 0 amide bonds. The molecule has 100 valence electrons. The van der Waals surface area contributed by atoms with E-state index in [2.05, 4.69) is 41.7 Å². The Morgan fingerprint density at radius 2 is 2.00 bits per heavy atom. The highest BCUT2D eigenvalue weighted by Gasteiger charge is 2.08. The predicted octanol–water partition coefficient (Wildman–Crippen LogP) is 2.15. The van der Waals surface area contributed by atoms with Crippen LogP contribution in [0.3, 0.4) is 0 Å². The van der Waals surface area contributed by atoms with Gasteiger partial charge in [-0.2, -0.15) is 0 Å². The summed E-state index contributed by atoms with van der Waals surface area (Å²) in [4.78, 5) is 0. The van der Waals surface area contributed by atoms with Gasteiger partial charge in [-0.05, 0) is 24.4 Å². The molecule has 2 unspecified atom stereocenters. The van der Waals surface area contributed by atoms with E-state index in [1.54, 1.807) is 0 Å². The molecular weight excluding hydrogens is 226 g/mol. The van der Waals surface area contributed by atoms with E-state index >= 15 is 0 Å². The van der Waals surface area contributed by atoms with Crippen LogP contribution in [0.15, 0.2) is 35.5 Å². The molecule has 0 aromatic heterocycles. The molecule has 4 N–H and O–H groups in total. The summed E-state index contributed by atoms with van der Waals surface area (Å²) in [5, 5.41) is 14.9. The van der Waals surface area contributed by atoms with Crippen LogP contribution in [-0.4, -0.2) is 24.1 Å². The van der Waals surface area contributed by atoms with Gasteiger partial charge >= 0.3 is 0 Å². The summed E-state index contributed by atoms with van der Waals surface area (Å²) in [6.45, 7) is 5.82. The predicted molar refractivity (Wildman–Crippen MR) is 74.9 cm³/mol. The summed E-state index contributed by atoms with van der Waals surface area (Å²) in [6.07, 6.45) is 1.08. The molecule has 4 heteroatoms. The lowest BCUT2D eigenvalue weighted by atomic mass is 9.98. The largest absolute Gasteiger partial charge is 0.409 e. The Morgan fingerprint density at radius 1 is 1.33 bits per heavy atom. The quantitative estimate of drug-likeness (QED) is 0.228. The first kappa shape index (κ1) is 14.5. The Balaban J connectivity index is 2.22. The van der Waals surface area contributed by atoms with Crippen LogP contribution < -0.4 is 11.1 Å². The van der Waals surface area contributed by atoms with Crippen molar-refractivity contribution >= 4 is 5.84 Å². The highest BCUT2D eigenvalue weighted by molar-refractivity contribution is 5.82. The molecule has 0 bridgehead atoms. The van der Waals surface area contributed by atoms with Gasteiger partial charge in [0.1, 0.15) is 5.84 Å². The van der Waals surface area contributed by atoms with Gasteiger partial charge in [-0.15, -0.1) is 0 Å². The van der Waals surface area contributed by atoms with Crippen LogP contribution >= 0.6 is 0 Å². The number of rotatable bonds is 7. The van der Waals surface area contributed by atoms with Gasteiger partial charge in [-0.25, -0.2) is 0 Å². The third kappa shape index (κ3) is 4.75. The van der Waals surface area contributed by atoms with Crippen molar-refractivity contribution in [2.45, 2.75) is 26.2 Å². The van der Waals surface area contributed by atoms with Crippen LogP contribution in [0.1, 0.15) is 31.7 Å². The molecule has 0 radical (unpaired) electrons. The average Bonchev–Trinajstić information content (AvgIpc) is 2.43. The Kier molecular flexibility index (Phi) is 6.22. The zero-order chi connectivity index (χ0) is 13.4. The first-order chi connectivity index (χ1) is 8.65. The van der Waals surface area contributed by atoms with E-state index in [0.717, 1.165) is 19.5 Å². The fourth-order valence-corrected chi connectivity index (χ4v) is 1.79. The standard InChI is InChI=1S/C14H23N3O/c1-11(13-6-4-3-5-7-13)8-9-16-10-12(2)14(15)17-18/h3-7,11-12,16,18H,8-10H2,1-2H3,(H2,15,17). The number of nitrogens with two attached hydrogens (primary N) is 1. The van der Waals surface area contributed by atoms with Crippen LogP contribution in [-0.2, 0) is 0 Å². The molecule has 0 saturated heterocycles. The van der Waals surface area contributed by atoms with Gasteiger partial charge in [0.15, 0.2) is 0 Å². The third-order valence-electron chi connectivity index (χ3n) is 3.19. The van der Waals surface area contributed by atoms with Crippen molar-refractivity contribution in [1.29, 1.82) is 0 Å². The average molecular weight is 249 g/mol. The lowest BCUT2D eigenvalue weighted by Crippen LogP contribution is -2.32. The SMILES string of the molecule is CC(CNCCC(C)c1ccccc1)C(N)=NO. The van der Waals surface area contributed by atoms with Gasteiger partial charge in [0.25, 0.3) is 0 Å². The first-order valence-corrected chi connectivity index (χ1v) is 6.38. The molecule has 4 nitrogen and oxygen atoms in total. The second-order valence-electron chi connectivity index (χ2n) is 4.73. The van der Waals surface area contributed by atoms with Crippen molar-refractivity contribution in [3.05, 3.63) is 35.9 Å². The van der Waals surface area contributed by atoms with E-state index in [-0.39, 0.29) is 11.8 Å². The number of hydrogen-bond donors (Lipinski definition) is 3. The Morgan fingerprint density at radius 3 is 2.61 bits per heavy atom. The van der Waals surface area contributed by atoms with Crippen LogP contribution in [0.5, 0.6) is 0 Å². The van der Waals surface area contributed by atoms with Crippen molar-refractivity contribution < 1.29 is 5.21 Å². The van der Waals surface area contributed by atoms with Crippen LogP contribution in [0.2, 0.25) is 0 Å². The summed E-state index contributed by atoms with van der Waals surface area (Å²) in [7, 11) is 0. The molecule has 0 aliphatic heterocycles. The topological polar surface area (TPSA) is 70.6 Å². The molecule has 0 aliphatic rings. The van der Waals surface area contributed by atoms with E-state index in [0.29, 0.717) is 5.92 Å². The van der Waals surface area contributed by atoms with Crippen molar-refractivity contribution in [3.8, 4) is 0 Å². The van der Waals surface area contributed by atoms with Crippen molar-refractivity contribution in [2.75, 3.05) is 13.1 Å². The van der Waals surface area contributed by atoms with Crippen LogP contribution in [0.25, 0.3) is 0 Å². The second-order valence-corrected chi connectivity index (χ2v) is 4.73. The van der Waals surface area contributed by atoms with E-state index in [1.165, 1.54) is 5.56 Å². The minimum atomic E-state index is 0.0574. The molecule has 2 atom stereocenters. The molecule has 0 aliphatic carbocycles. The first-order valence-electron chi connectivity index (χ1n) is 6.38. The number of hydrogen-bond acceptors (Lipinski definition) is 3. The summed E-state index contributed by atoms with van der Waals surface area (Å²) in [6, 6.07) is 10.5. The Bertz CT molecular complexity index is 365. The second kappa shape index (κ2) is 7.71. The number of oxime groups is 1. The molecule has 0 heterocycles. The van der Waals surface area contributed by atoms with E-state index in [1.807, 2.05) is 13.0 Å². The molecule has 0 saturated carbocycles. The highest BCUT2D eigenvalue weighted by atomic mass is 16.4. The molecule has 1 rings (SSSR count). The number of benzene rings is 1. The Hall–Kier alpha value is -1.55. The summed E-state index contributed by atoms with van der Waals surface area (Å²) < 4.78 is 0. The van der Waals surface area contributed by atoms with Gasteiger partial charge in [-0.1, -0.05) is 49.3 Å². The number of amidine groups is 1. The highest BCUT2D eigenvalue weighted by Crippen LogP contribution is 2.17. The van der Waals surface area contributed by atoms with Gasteiger partial charge in [0.05, 0.1) is 0 Å². The zero-order valence-electron chi connectivity index (χ0n) is 11.1. The third-order valence-corrected chi connectivity index (χ3v) is 3.19. The van der Waals surface area contributed by atoms with E-state index < -0.39 is 0 Å². The molecule has 1 aromatic rings. The van der Waals surface area contributed by atoms with E-state index in [9.17, 15) is 0 Å². The van der Waals surface area contributed by atoms with Crippen LogP contribution in [0.4, 0.5) is 0 Å². The van der Waals surface area contributed by atoms with Gasteiger partial charge in [-0.3, -0.25) is 0 Å². The number of nitrogens with zero attached hydrogens (tertiary/aromatic N) is 1.